The zero-order valence-electron chi connectivity index (χ0n) is 12.5. The Labute approximate surface area is 129 Å². The number of nitrogens with one attached hydrogen (secondary N) is 2. The summed E-state index contributed by atoms with van der Waals surface area (Å²) in [5.41, 5.74) is 0.821. The van der Waals surface area contributed by atoms with Gasteiger partial charge in [-0.1, -0.05) is 30.3 Å². The molecular weight excluding hydrogens is 280 g/mol. The molecular formula is C16H20N4O2. The molecule has 0 unspecified atom stereocenters. The monoisotopic (exact) mass is 300 g/mol. The molecule has 1 aromatic heterocycles. The van der Waals surface area contributed by atoms with Crippen molar-refractivity contribution in [2.75, 3.05) is 25.5 Å². The van der Waals surface area contributed by atoms with E-state index in [0.717, 1.165) is 25.1 Å². The average molecular weight is 300 g/mol. The van der Waals surface area contributed by atoms with Crippen LogP contribution in [0.4, 0.5) is 5.82 Å². The van der Waals surface area contributed by atoms with Gasteiger partial charge in [-0.2, -0.15) is 5.10 Å². The first-order valence-electron chi connectivity index (χ1n) is 7.42. The molecule has 1 amide bonds. The van der Waals surface area contributed by atoms with Crippen LogP contribution >= 0.6 is 0 Å². The number of nitrogens with zero attached hydrogens (tertiary/aromatic N) is 2. The Morgan fingerprint density at radius 2 is 2.23 bits per heavy atom. The molecule has 3 rings (SSSR count). The molecule has 2 heterocycles. The third-order valence-corrected chi connectivity index (χ3v) is 3.84. The first-order chi connectivity index (χ1) is 10.8. The molecule has 0 aliphatic carbocycles. The van der Waals surface area contributed by atoms with Gasteiger partial charge < -0.3 is 15.4 Å². The van der Waals surface area contributed by atoms with Crippen LogP contribution in [0.5, 0.6) is 0 Å². The predicted molar refractivity (Wildman–Crippen MR) is 83.6 cm³/mol. The molecule has 0 bridgehead atoms. The molecule has 1 saturated heterocycles. The number of anilines is 1. The zero-order chi connectivity index (χ0) is 15.4. The van der Waals surface area contributed by atoms with Crippen LogP contribution in [0.3, 0.4) is 0 Å². The van der Waals surface area contributed by atoms with E-state index < -0.39 is 6.10 Å². The number of amides is 1. The lowest BCUT2D eigenvalue weighted by molar-refractivity contribution is -0.126. The van der Waals surface area contributed by atoms with E-state index >= 15 is 0 Å². The number of benzene rings is 1. The Morgan fingerprint density at radius 1 is 1.41 bits per heavy atom. The summed E-state index contributed by atoms with van der Waals surface area (Å²) in [7, 11) is 1.53. The van der Waals surface area contributed by atoms with E-state index in [9.17, 15) is 4.79 Å². The quantitative estimate of drug-likeness (QED) is 0.882. The average Bonchev–Trinajstić information content (AvgIpc) is 3.20. The second-order valence-corrected chi connectivity index (χ2v) is 5.34. The smallest absolute Gasteiger partial charge is 0.259 e. The van der Waals surface area contributed by atoms with Gasteiger partial charge in [0.25, 0.3) is 5.91 Å². The zero-order valence-corrected chi connectivity index (χ0v) is 12.5. The van der Waals surface area contributed by atoms with E-state index in [0.29, 0.717) is 11.9 Å². The van der Waals surface area contributed by atoms with Crippen molar-refractivity contribution < 1.29 is 9.53 Å². The fourth-order valence-electron chi connectivity index (χ4n) is 2.69. The van der Waals surface area contributed by atoms with Crippen LogP contribution in [0.2, 0.25) is 0 Å². The van der Waals surface area contributed by atoms with Crippen LogP contribution in [-0.4, -0.2) is 35.9 Å². The number of carbonyl (C=O) groups excluding carboxylic acids is 1. The van der Waals surface area contributed by atoms with Gasteiger partial charge in [0.1, 0.15) is 0 Å². The van der Waals surface area contributed by atoms with Crippen molar-refractivity contribution in [1.29, 1.82) is 0 Å². The van der Waals surface area contributed by atoms with E-state index in [1.165, 1.54) is 7.11 Å². The van der Waals surface area contributed by atoms with Gasteiger partial charge in [-0.05, 0) is 18.5 Å². The summed E-state index contributed by atoms with van der Waals surface area (Å²) >= 11 is 0. The number of methoxy groups -OCH3 is 1. The second-order valence-electron chi connectivity index (χ2n) is 5.34. The predicted octanol–water partition coefficient (Wildman–Crippen LogP) is 1.74. The lowest BCUT2D eigenvalue weighted by Gasteiger charge is -2.14. The maximum absolute atomic E-state index is 12.4. The van der Waals surface area contributed by atoms with Crippen molar-refractivity contribution in [1.82, 2.24) is 15.1 Å². The van der Waals surface area contributed by atoms with Crippen molar-refractivity contribution in [2.45, 2.75) is 18.6 Å². The fourth-order valence-corrected chi connectivity index (χ4v) is 2.69. The van der Waals surface area contributed by atoms with Crippen molar-refractivity contribution >= 4 is 11.7 Å². The van der Waals surface area contributed by atoms with E-state index in [1.54, 1.807) is 0 Å². The van der Waals surface area contributed by atoms with Crippen LogP contribution in [0.15, 0.2) is 42.6 Å². The van der Waals surface area contributed by atoms with Crippen molar-refractivity contribution in [3.05, 3.63) is 48.2 Å². The van der Waals surface area contributed by atoms with Crippen molar-refractivity contribution in [2.24, 2.45) is 0 Å². The summed E-state index contributed by atoms with van der Waals surface area (Å²) < 4.78 is 7.22. The Bertz CT molecular complexity index is 620. The molecule has 1 aliphatic heterocycles. The Hall–Kier alpha value is -2.18. The van der Waals surface area contributed by atoms with Gasteiger partial charge in [0.05, 0.1) is 6.04 Å². The standard InChI is InChI=1S/C16H20N4O2/c1-22-15(12-5-3-2-4-6-12)16(21)18-14-8-10-20(19-14)13-7-9-17-11-13/h2-6,8,10,13,15,17H,7,9,11H2,1H3,(H,18,19,21)/t13-,15+/m0/s1. The third kappa shape index (κ3) is 3.18. The van der Waals surface area contributed by atoms with Crippen LogP contribution in [-0.2, 0) is 9.53 Å². The fraction of sp³-hybridized carbons (Fsp3) is 0.375. The minimum absolute atomic E-state index is 0.219. The summed E-state index contributed by atoms with van der Waals surface area (Å²) in [6.07, 6.45) is 2.32. The van der Waals surface area contributed by atoms with Gasteiger partial charge >= 0.3 is 0 Å². The summed E-state index contributed by atoms with van der Waals surface area (Å²) in [6.45, 7) is 1.92. The number of ether oxygens (including phenoxy) is 1. The van der Waals surface area contributed by atoms with Gasteiger partial charge in [-0.3, -0.25) is 9.48 Å². The van der Waals surface area contributed by atoms with Gasteiger partial charge in [0.15, 0.2) is 11.9 Å². The van der Waals surface area contributed by atoms with E-state index in [4.69, 9.17) is 4.74 Å². The highest BCUT2D eigenvalue weighted by Gasteiger charge is 2.22. The molecule has 1 aliphatic rings. The molecule has 1 aromatic carbocycles. The summed E-state index contributed by atoms with van der Waals surface area (Å²) in [5.74, 6) is 0.332. The molecule has 2 atom stereocenters. The van der Waals surface area contributed by atoms with Gasteiger partial charge in [-0.25, -0.2) is 0 Å². The van der Waals surface area contributed by atoms with Gasteiger partial charge in [-0.15, -0.1) is 0 Å². The number of rotatable bonds is 5. The topological polar surface area (TPSA) is 68.2 Å². The highest BCUT2D eigenvalue weighted by molar-refractivity contribution is 5.94. The summed E-state index contributed by atoms with van der Waals surface area (Å²) in [6, 6.07) is 11.6. The molecule has 6 nitrogen and oxygen atoms in total. The normalized spacial score (nSPS) is 19.0. The Morgan fingerprint density at radius 3 is 2.91 bits per heavy atom. The maximum Gasteiger partial charge on any atom is 0.259 e. The molecule has 22 heavy (non-hydrogen) atoms. The number of carbonyl (C=O) groups is 1. The van der Waals surface area contributed by atoms with E-state index in [-0.39, 0.29) is 5.91 Å². The minimum atomic E-state index is -0.639. The Balaban J connectivity index is 1.68. The molecule has 2 N–H and O–H groups in total. The number of aromatic nitrogens is 2. The van der Waals surface area contributed by atoms with Crippen LogP contribution in [0, 0.1) is 0 Å². The molecule has 0 spiro atoms. The highest BCUT2D eigenvalue weighted by atomic mass is 16.5. The van der Waals surface area contributed by atoms with Crippen LogP contribution < -0.4 is 10.6 Å². The number of hydrogen-bond acceptors (Lipinski definition) is 4. The molecule has 0 radical (unpaired) electrons. The molecule has 6 heteroatoms. The molecule has 1 fully saturated rings. The first kappa shape index (κ1) is 14.7. The lowest BCUT2D eigenvalue weighted by atomic mass is 10.1. The van der Waals surface area contributed by atoms with Crippen LogP contribution in [0.1, 0.15) is 24.1 Å². The van der Waals surface area contributed by atoms with Crippen LogP contribution in [0.25, 0.3) is 0 Å². The Kier molecular flexibility index (Phi) is 4.50. The third-order valence-electron chi connectivity index (χ3n) is 3.84. The maximum atomic E-state index is 12.4. The SMILES string of the molecule is CO[C@@H](C(=O)Nc1ccn([C@H]2CCNC2)n1)c1ccccc1. The second kappa shape index (κ2) is 6.72. The van der Waals surface area contributed by atoms with Crippen molar-refractivity contribution in [3.8, 4) is 0 Å². The molecule has 116 valence electrons. The highest BCUT2D eigenvalue weighted by Crippen LogP contribution is 2.20. The first-order valence-corrected chi connectivity index (χ1v) is 7.42. The summed E-state index contributed by atoms with van der Waals surface area (Å²) in [5, 5.41) is 10.6. The molecule has 2 aromatic rings. The minimum Gasteiger partial charge on any atom is -0.367 e. The van der Waals surface area contributed by atoms with E-state index in [2.05, 4.69) is 15.7 Å². The summed E-state index contributed by atoms with van der Waals surface area (Å²) in [4.78, 5) is 12.4. The largest absolute Gasteiger partial charge is 0.367 e. The lowest BCUT2D eigenvalue weighted by Crippen LogP contribution is -2.23. The van der Waals surface area contributed by atoms with Gasteiger partial charge in [0.2, 0.25) is 0 Å². The van der Waals surface area contributed by atoms with Gasteiger partial charge in [0, 0.05) is 25.9 Å². The number of hydrogen-bond donors (Lipinski definition) is 2. The van der Waals surface area contributed by atoms with E-state index in [1.807, 2.05) is 47.3 Å². The van der Waals surface area contributed by atoms with Crippen molar-refractivity contribution in [3.63, 3.8) is 0 Å². The molecule has 0 saturated carbocycles.